The number of benzene rings is 4. The first-order valence-electron chi connectivity index (χ1n) is 22.0. The maximum absolute atomic E-state index is 13.8. The molecule has 10 rings (SSSR count). The lowest BCUT2D eigenvalue weighted by Crippen LogP contribution is -2.30. The second kappa shape index (κ2) is 19.6. The number of aryl methyl sites for hydroxylation is 4. The Morgan fingerprint density at radius 3 is 1.29 bits per heavy atom. The van der Waals surface area contributed by atoms with Crippen LogP contribution >= 0.6 is 0 Å². The average molecular weight is 963 g/mol. The number of nitrogens with zero attached hydrogens (tertiary/aromatic N) is 10. The van der Waals surface area contributed by atoms with Gasteiger partial charge in [-0.25, -0.2) is 55.6 Å². The quantitative estimate of drug-likeness (QED) is 0.101. The van der Waals surface area contributed by atoms with Gasteiger partial charge in [-0.3, -0.25) is 0 Å². The molecule has 4 atom stereocenters. The molecule has 0 aliphatic carbocycles. The third-order valence-electron chi connectivity index (χ3n) is 12.0. The molecule has 2 aliphatic heterocycles. The fourth-order valence-electron chi connectivity index (χ4n) is 8.58. The van der Waals surface area contributed by atoms with Crippen molar-refractivity contribution in [1.82, 2.24) is 48.6 Å². The Labute approximate surface area is 396 Å². The molecule has 0 unspecified atom stereocenters. The van der Waals surface area contributed by atoms with Crippen LogP contribution in [-0.4, -0.2) is 85.3 Å². The van der Waals surface area contributed by atoms with E-state index in [1.807, 2.05) is 83.9 Å². The second-order valence-electron chi connectivity index (χ2n) is 16.7. The van der Waals surface area contributed by atoms with E-state index in [9.17, 15) is 36.6 Å². The van der Waals surface area contributed by atoms with Gasteiger partial charge in [0, 0.05) is 25.5 Å². The summed E-state index contributed by atoms with van der Waals surface area (Å²) in [6, 6.07) is 15.0. The zero-order chi connectivity index (χ0) is 49.4. The van der Waals surface area contributed by atoms with Crippen molar-refractivity contribution in [2.45, 2.75) is 63.8 Å². The van der Waals surface area contributed by atoms with Gasteiger partial charge in [-0.2, -0.15) is 10.2 Å². The van der Waals surface area contributed by atoms with E-state index in [0.29, 0.717) is 60.7 Å². The van der Waals surface area contributed by atoms with Crippen molar-refractivity contribution in [3.8, 4) is 22.9 Å². The summed E-state index contributed by atoms with van der Waals surface area (Å²) >= 11 is 0. The van der Waals surface area contributed by atoms with Crippen molar-refractivity contribution < 1.29 is 46.0 Å². The van der Waals surface area contributed by atoms with Crippen molar-refractivity contribution >= 4 is 24.3 Å². The van der Waals surface area contributed by atoms with E-state index in [1.54, 1.807) is 48.4 Å². The van der Waals surface area contributed by atoms with E-state index in [4.69, 9.17) is 9.47 Å². The minimum atomic E-state index is -1.55. The fraction of sp³-hybridized carbons (Fsp3) is 0.240. The highest BCUT2D eigenvalue weighted by Crippen LogP contribution is 2.36. The van der Waals surface area contributed by atoms with Crippen LogP contribution in [-0.2, 0) is 13.1 Å². The lowest BCUT2D eigenvalue weighted by Gasteiger charge is -2.27. The number of fused-ring (bicyclic) bond motifs is 2. The largest absolute Gasteiger partial charge is 0.495 e. The fourth-order valence-corrected chi connectivity index (χ4v) is 8.58. The molecular weight excluding hydrogens is 919 g/mol. The molecule has 4 aromatic carbocycles. The van der Waals surface area contributed by atoms with E-state index in [0.717, 1.165) is 58.2 Å². The van der Waals surface area contributed by atoms with Gasteiger partial charge in [0.05, 0.1) is 73.7 Å². The van der Waals surface area contributed by atoms with Gasteiger partial charge >= 0.3 is 0 Å². The van der Waals surface area contributed by atoms with E-state index in [2.05, 4.69) is 30.1 Å². The van der Waals surface area contributed by atoms with Crippen LogP contribution in [0.2, 0.25) is 0 Å². The summed E-state index contributed by atoms with van der Waals surface area (Å²) in [6.45, 7) is 4.61. The Kier molecular flexibility index (Phi) is 13.3. The van der Waals surface area contributed by atoms with Gasteiger partial charge in [0.2, 0.25) is 0 Å². The van der Waals surface area contributed by atoms with Crippen LogP contribution in [0.25, 0.3) is 35.7 Å². The summed E-state index contributed by atoms with van der Waals surface area (Å²) in [5.41, 5.74) is 5.36. The molecule has 360 valence electrons. The summed E-state index contributed by atoms with van der Waals surface area (Å²) in [7, 11) is 3.18. The highest BCUT2D eigenvalue weighted by molar-refractivity contribution is 5.70. The summed E-state index contributed by atoms with van der Waals surface area (Å²) in [5, 5.41) is 30.0. The van der Waals surface area contributed by atoms with Crippen LogP contribution in [0.5, 0.6) is 11.5 Å². The Morgan fingerprint density at radius 1 is 0.557 bits per heavy atom. The third-order valence-corrected chi connectivity index (χ3v) is 12.0. The molecule has 8 aromatic rings. The molecular formula is C50H44F6N10O4. The number of halogens is 6. The molecule has 0 saturated carbocycles. The molecule has 20 heteroatoms. The minimum absolute atomic E-state index is 0.104. The number of ether oxygens (including phenoxy) is 2. The first-order chi connectivity index (χ1) is 33.7. The molecule has 6 heterocycles. The Balaban J connectivity index is 0.000000174. The highest BCUT2D eigenvalue weighted by Gasteiger charge is 2.35. The van der Waals surface area contributed by atoms with Crippen molar-refractivity contribution in [3.63, 3.8) is 0 Å². The SMILES string of the molecule is COc1cc(/C=C/c2nc3n(n2)CC[C@@H](O)[C@@H]3c2cc(F)c(F)c(F)c2)ccc1-n1cnc(C)c1.COc1cc(/C=C/c2nc3n(n2)CC[C@H](O)[C@H]3c2cc(F)c(F)c(F)c2)ccc1-n1cnc(C)c1. The van der Waals surface area contributed by atoms with Gasteiger partial charge in [-0.05, 0) is 110 Å². The Bertz CT molecular complexity index is 3030. The van der Waals surface area contributed by atoms with Crippen molar-refractivity contribution in [2.75, 3.05) is 14.2 Å². The molecule has 0 spiro atoms. The van der Waals surface area contributed by atoms with Crippen LogP contribution in [0.15, 0.2) is 85.7 Å². The number of aliphatic hydroxyl groups excluding tert-OH is 2. The van der Waals surface area contributed by atoms with Crippen molar-refractivity contribution in [1.29, 1.82) is 0 Å². The summed E-state index contributed by atoms with van der Waals surface area (Å²) in [5.74, 6) is -7.24. The number of hydrogen-bond acceptors (Lipinski definition) is 10. The molecule has 14 nitrogen and oxygen atoms in total. The molecule has 0 bridgehead atoms. The van der Waals surface area contributed by atoms with Crippen LogP contribution in [0.1, 0.15) is 81.6 Å². The monoisotopic (exact) mass is 962 g/mol. The number of imidazole rings is 2. The Morgan fingerprint density at radius 2 is 0.943 bits per heavy atom. The molecule has 0 amide bonds. The van der Waals surface area contributed by atoms with E-state index < -0.39 is 58.9 Å². The number of methoxy groups -OCH3 is 2. The summed E-state index contributed by atoms with van der Waals surface area (Å²) in [4.78, 5) is 17.5. The van der Waals surface area contributed by atoms with Crippen LogP contribution in [0.3, 0.4) is 0 Å². The molecule has 2 aliphatic rings. The highest BCUT2D eigenvalue weighted by atomic mass is 19.2. The standard InChI is InChI=1S/2C25H22F3N5O2/c2*1-14-12-32(13-29-14)19-5-3-15(9-21(19)35-2)4-6-22-30-25-23(20(34)7-8-33(25)31-22)16-10-17(26)24(28)18(27)11-16/h2*3-6,9-13,20,23,34H,7-8H2,1-2H3/b2*6-4+/t2*20-,23+/m10/s1. The van der Waals surface area contributed by atoms with E-state index in [-0.39, 0.29) is 11.1 Å². The van der Waals surface area contributed by atoms with Crippen LogP contribution in [0, 0.1) is 48.8 Å². The molecule has 0 saturated heterocycles. The lowest BCUT2D eigenvalue weighted by molar-refractivity contribution is 0.118. The zero-order valence-corrected chi connectivity index (χ0v) is 38.0. The third kappa shape index (κ3) is 9.59. The average Bonchev–Trinajstić information content (AvgIpc) is 4.18. The van der Waals surface area contributed by atoms with Crippen LogP contribution < -0.4 is 9.47 Å². The maximum atomic E-state index is 13.8. The Hall–Kier alpha value is -7.84. The van der Waals surface area contributed by atoms with Gasteiger partial charge in [0.1, 0.15) is 23.1 Å². The van der Waals surface area contributed by atoms with Crippen molar-refractivity contribution in [3.05, 3.63) is 178 Å². The molecule has 4 aromatic heterocycles. The predicted molar refractivity (Wildman–Crippen MR) is 245 cm³/mol. The summed E-state index contributed by atoms with van der Waals surface area (Å²) < 4.78 is 100. The topological polar surface area (TPSA) is 156 Å². The molecule has 70 heavy (non-hydrogen) atoms. The molecule has 2 N–H and O–H groups in total. The van der Waals surface area contributed by atoms with Crippen LogP contribution in [0.4, 0.5) is 26.3 Å². The molecule has 0 radical (unpaired) electrons. The minimum Gasteiger partial charge on any atom is -0.495 e. The lowest BCUT2D eigenvalue weighted by atomic mass is 9.88. The van der Waals surface area contributed by atoms with Gasteiger partial charge in [-0.15, -0.1) is 0 Å². The number of aromatic nitrogens is 10. The second-order valence-corrected chi connectivity index (χ2v) is 16.7. The van der Waals surface area contributed by atoms with E-state index in [1.165, 1.54) is 0 Å². The van der Waals surface area contributed by atoms with Gasteiger partial charge < -0.3 is 28.8 Å². The smallest absolute Gasteiger partial charge is 0.194 e. The van der Waals surface area contributed by atoms with Gasteiger partial charge in [0.15, 0.2) is 46.6 Å². The van der Waals surface area contributed by atoms with Gasteiger partial charge in [0.25, 0.3) is 0 Å². The predicted octanol–water partition coefficient (Wildman–Crippen LogP) is 8.53. The number of hydrogen-bond donors (Lipinski definition) is 2. The maximum Gasteiger partial charge on any atom is 0.194 e. The van der Waals surface area contributed by atoms with E-state index >= 15 is 0 Å². The van der Waals surface area contributed by atoms with Crippen molar-refractivity contribution in [2.24, 2.45) is 0 Å². The number of rotatable bonds is 10. The molecule has 0 fully saturated rings. The first kappa shape index (κ1) is 47.2. The summed E-state index contributed by atoms with van der Waals surface area (Å²) in [6.07, 6.45) is 13.0. The zero-order valence-electron chi connectivity index (χ0n) is 38.0. The normalized spacial score (nSPS) is 17.7. The van der Waals surface area contributed by atoms with Gasteiger partial charge in [-0.1, -0.05) is 24.3 Å². The first-order valence-corrected chi connectivity index (χ1v) is 22.0. The number of aliphatic hydroxyl groups is 2.